The van der Waals surface area contributed by atoms with Crippen molar-refractivity contribution in [3.8, 4) is 0 Å². The Morgan fingerprint density at radius 1 is 1.45 bits per heavy atom. The molecule has 9 N–H and O–H groups in total. The molecule has 122 valence electrons. The molecular formula is C9H13N4O8P. The molecule has 13 heteroatoms. The topological polar surface area (TPSA) is 228 Å². The van der Waals surface area contributed by atoms with Crippen LogP contribution in [0.2, 0.25) is 0 Å². The average Bonchev–Trinajstić information content (AvgIpc) is 2.93. The summed E-state index contributed by atoms with van der Waals surface area (Å²) < 4.78 is 15.8. The molecule has 2 heterocycles. The van der Waals surface area contributed by atoms with Crippen LogP contribution >= 0.6 is 8.03 Å². The van der Waals surface area contributed by atoms with Crippen LogP contribution < -0.4 is 16.4 Å². The Bertz CT molecular complexity index is 625. The first-order chi connectivity index (χ1) is 10.0. The number of amides is 1. The molecular weight excluding hydrogens is 323 g/mol. The van der Waals surface area contributed by atoms with E-state index < -0.39 is 49.3 Å². The van der Waals surface area contributed by atoms with Crippen molar-refractivity contribution >= 4 is 13.9 Å². The molecule has 12 nitrogen and oxygen atoms in total. The zero-order valence-electron chi connectivity index (χ0n) is 10.8. The molecule has 0 bridgehead atoms. The molecule has 2 rings (SSSR count). The van der Waals surface area contributed by atoms with Crippen LogP contribution in [0.3, 0.4) is 0 Å². The lowest BCUT2D eigenvalue weighted by Crippen LogP contribution is -2.71. The fraction of sp³-hybridized carbons (Fsp3) is 0.556. The number of nitrogens with two attached hydrogens (primary N) is 2. The van der Waals surface area contributed by atoms with Crippen LogP contribution in [0.4, 0.5) is 0 Å². The normalized spacial score (nSPS) is 39.5. The number of rotatable bonds is 3. The maximum atomic E-state index is 11.1. The van der Waals surface area contributed by atoms with Crippen LogP contribution in [0.15, 0.2) is 6.20 Å². The number of H-pyrrole nitrogens is 1. The van der Waals surface area contributed by atoms with Crippen LogP contribution in [0.25, 0.3) is 0 Å². The summed E-state index contributed by atoms with van der Waals surface area (Å²) in [4.78, 5) is 28.0. The Morgan fingerprint density at radius 2 is 2.05 bits per heavy atom. The van der Waals surface area contributed by atoms with E-state index in [-0.39, 0.29) is 5.69 Å². The highest BCUT2D eigenvalue weighted by atomic mass is 31.1. The van der Waals surface area contributed by atoms with Gasteiger partial charge < -0.3 is 36.0 Å². The number of hydrogen-bond donors (Lipinski definition) is 7. The first-order valence-corrected chi connectivity index (χ1v) is 6.97. The second kappa shape index (κ2) is 5.30. The largest absolute Gasteiger partial charge is 0.591 e. The van der Waals surface area contributed by atoms with Gasteiger partial charge in [-0.3, -0.25) is 15.3 Å². The number of aliphatic hydroxyl groups excluding tert-OH is 3. The molecule has 1 aliphatic heterocycles. The fourth-order valence-electron chi connectivity index (χ4n) is 2.00. The molecule has 2 unspecified atom stereocenters. The van der Waals surface area contributed by atoms with Crippen LogP contribution in [0.1, 0.15) is 16.3 Å². The second-order valence-corrected chi connectivity index (χ2v) is 5.86. The molecule has 1 fully saturated rings. The van der Waals surface area contributed by atoms with Gasteiger partial charge in [0.1, 0.15) is 17.9 Å². The first kappa shape index (κ1) is 16.9. The van der Waals surface area contributed by atoms with Gasteiger partial charge in [-0.2, -0.15) is 0 Å². The molecule has 1 aromatic heterocycles. The quantitative estimate of drug-likeness (QED) is 0.261. The highest BCUT2D eigenvalue weighted by Crippen LogP contribution is 2.45. The minimum Gasteiger partial charge on any atom is -0.591 e. The molecule has 0 saturated carbocycles. The number of aromatic amines is 1. The van der Waals surface area contributed by atoms with Gasteiger partial charge >= 0.3 is 13.6 Å². The highest BCUT2D eigenvalue weighted by Gasteiger charge is 2.67. The summed E-state index contributed by atoms with van der Waals surface area (Å²) in [5.41, 5.74) is 4.60. The summed E-state index contributed by atoms with van der Waals surface area (Å²) in [6.45, 7) is 0. The van der Waals surface area contributed by atoms with E-state index in [1.807, 2.05) is 0 Å². The van der Waals surface area contributed by atoms with E-state index >= 15 is 0 Å². The van der Waals surface area contributed by atoms with Gasteiger partial charge in [-0.25, -0.2) is 4.98 Å². The summed E-state index contributed by atoms with van der Waals surface area (Å²) in [5.74, 6) is -1.42. The standard InChI is InChI=1S/C9H13N4O8P/c10-6(17)2-1-12-7(13-2)8(11)4(15)3(14)5(16)9(18,21-8)22(19)20/h1,3-5,14-16,18H,11H2,(H2,10,17)(H,12,13)/t3-,4+,5-,8?,9-/m1/s1. The first-order valence-electron chi connectivity index (χ1n) is 5.79. The third kappa shape index (κ3) is 2.31. The second-order valence-electron chi connectivity index (χ2n) is 4.70. The minimum absolute atomic E-state index is 0.244. The maximum absolute atomic E-state index is 11.1. The zero-order valence-corrected chi connectivity index (χ0v) is 11.7. The Hall–Kier alpha value is -1.50. The number of hydrogen-bond acceptors (Lipinski definition) is 10. The van der Waals surface area contributed by atoms with Crippen LogP contribution in [0.5, 0.6) is 0 Å². The van der Waals surface area contributed by atoms with E-state index in [0.29, 0.717) is 0 Å². The fourth-order valence-corrected chi connectivity index (χ4v) is 2.59. The molecule has 0 radical (unpaired) electrons. The summed E-state index contributed by atoms with van der Waals surface area (Å²) in [6, 6.07) is 0. The van der Waals surface area contributed by atoms with Gasteiger partial charge in [0.05, 0.1) is 6.20 Å². The third-order valence-electron chi connectivity index (χ3n) is 3.26. The van der Waals surface area contributed by atoms with Crippen molar-refractivity contribution in [1.29, 1.82) is 0 Å². The lowest BCUT2D eigenvalue weighted by Gasteiger charge is -2.45. The van der Waals surface area contributed by atoms with Crippen molar-refractivity contribution < 1.29 is 39.4 Å². The number of aromatic nitrogens is 2. The number of carbonyl (C=O) groups is 1. The van der Waals surface area contributed by atoms with Gasteiger partial charge in [0.15, 0.2) is 11.9 Å². The SMILES string of the molecule is NC(=O)c1cnc(C2(N)O[C@@](O)([P+](=O)[O-])[C@H](O)[C@H](O)[C@@H]2O)[nH]1. The molecule has 22 heavy (non-hydrogen) atoms. The highest BCUT2D eigenvalue weighted by molar-refractivity contribution is 7.38. The molecule has 1 aliphatic rings. The third-order valence-corrected chi connectivity index (χ3v) is 4.14. The summed E-state index contributed by atoms with van der Waals surface area (Å²) in [5, 5.41) is 39.1. The van der Waals surface area contributed by atoms with Crippen molar-refractivity contribution in [2.45, 2.75) is 29.6 Å². The van der Waals surface area contributed by atoms with E-state index in [4.69, 9.17) is 16.2 Å². The number of carbonyl (C=O) groups excluding carboxylic acids is 1. The van der Waals surface area contributed by atoms with Crippen molar-refractivity contribution in [2.75, 3.05) is 0 Å². The zero-order chi connectivity index (χ0) is 16.9. The van der Waals surface area contributed by atoms with Gasteiger partial charge in [-0.1, -0.05) is 4.57 Å². The van der Waals surface area contributed by atoms with Gasteiger partial charge in [-0.15, -0.1) is 0 Å². The average molecular weight is 336 g/mol. The van der Waals surface area contributed by atoms with Crippen molar-refractivity contribution in [3.05, 3.63) is 17.7 Å². The Balaban J connectivity index is 2.50. The van der Waals surface area contributed by atoms with E-state index in [2.05, 4.69) is 9.97 Å². The van der Waals surface area contributed by atoms with Crippen molar-refractivity contribution in [2.24, 2.45) is 11.5 Å². The molecule has 6 atom stereocenters. The molecule has 1 saturated heterocycles. The molecule has 1 amide bonds. The Kier molecular flexibility index (Phi) is 4.06. The summed E-state index contributed by atoms with van der Waals surface area (Å²) >= 11 is 0. The van der Waals surface area contributed by atoms with Crippen LogP contribution in [0, 0.1) is 0 Å². The maximum Gasteiger partial charge on any atom is 0.401 e. The number of imidazole rings is 1. The molecule has 0 spiro atoms. The Labute approximate surface area is 123 Å². The van der Waals surface area contributed by atoms with Gasteiger partial charge in [0.25, 0.3) is 5.91 Å². The Morgan fingerprint density at radius 3 is 2.50 bits per heavy atom. The number of aliphatic hydroxyl groups is 4. The molecule has 1 aromatic rings. The number of primary amides is 1. The lowest BCUT2D eigenvalue weighted by molar-refractivity contribution is -0.360. The monoisotopic (exact) mass is 336 g/mol. The van der Waals surface area contributed by atoms with Gasteiger partial charge in [-0.05, 0) is 0 Å². The predicted octanol–water partition coefficient (Wildman–Crippen LogP) is -4.52. The van der Waals surface area contributed by atoms with E-state index in [9.17, 15) is 34.7 Å². The van der Waals surface area contributed by atoms with Gasteiger partial charge in [0.2, 0.25) is 5.72 Å². The number of nitrogens with one attached hydrogen (secondary N) is 1. The minimum atomic E-state index is -3.84. The molecule has 0 aliphatic carbocycles. The van der Waals surface area contributed by atoms with Gasteiger partial charge in [0, 0.05) is 0 Å². The van der Waals surface area contributed by atoms with E-state index in [1.54, 1.807) is 0 Å². The summed E-state index contributed by atoms with van der Waals surface area (Å²) in [7, 11) is -3.84. The van der Waals surface area contributed by atoms with E-state index in [1.165, 1.54) is 0 Å². The predicted molar refractivity (Wildman–Crippen MR) is 64.6 cm³/mol. The van der Waals surface area contributed by atoms with Crippen molar-refractivity contribution in [1.82, 2.24) is 9.97 Å². The van der Waals surface area contributed by atoms with Crippen LogP contribution in [-0.4, -0.2) is 60.1 Å². The number of nitrogens with zero attached hydrogens (tertiary/aromatic N) is 1. The van der Waals surface area contributed by atoms with E-state index in [0.717, 1.165) is 6.20 Å². The lowest BCUT2D eigenvalue weighted by atomic mass is 9.93. The molecule has 0 aromatic carbocycles. The van der Waals surface area contributed by atoms with Crippen molar-refractivity contribution in [3.63, 3.8) is 0 Å². The number of ether oxygens (including phenoxy) is 1. The summed E-state index contributed by atoms with van der Waals surface area (Å²) in [6.07, 6.45) is -5.72. The van der Waals surface area contributed by atoms with Crippen LogP contribution in [-0.2, 0) is 15.0 Å². The smallest absolute Gasteiger partial charge is 0.401 e.